The van der Waals surface area contributed by atoms with E-state index in [4.69, 9.17) is 5.73 Å². The van der Waals surface area contributed by atoms with Crippen molar-refractivity contribution < 1.29 is 0 Å². The van der Waals surface area contributed by atoms with Crippen molar-refractivity contribution in [1.82, 2.24) is 0 Å². The number of nitrogens with zero attached hydrogens (tertiary/aromatic N) is 1. The van der Waals surface area contributed by atoms with Crippen LogP contribution >= 0.6 is 0 Å². The van der Waals surface area contributed by atoms with Gasteiger partial charge in [0.2, 0.25) is 0 Å². The van der Waals surface area contributed by atoms with E-state index in [1.807, 2.05) is 6.92 Å². The molecule has 2 N–H and O–H groups in total. The molecule has 2 heteroatoms. The van der Waals surface area contributed by atoms with Crippen molar-refractivity contribution in [2.75, 3.05) is 18.0 Å². The Hall–Kier alpha value is -1.02. The van der Waals surface area contributed by atoms with Gasteiger partial charge in [0.1, 0.15) is 0 Å². The van der Waals surface area contributed by atoms with Crippen LogP contribution in [-0.4, -0.2) is 13.1 Å². The highest BCUT2D eigenvalue weighted by Crippen LogP contribution is 2.25. The van der Waals surface area contributed by atoms with Crippen molar-refractivity contribution in [2.45, 2.75) is 39.2 Å². The fourth-order valence-corrected chi connectivity index (χ4v) is 2.59. The van der Waals surface area contributed by atoms with Crippen LogP contribution in [0.3, 0.4) is 0 Å². The summed E-state index contributed by atoms with van der Waals surface area (Å²) in [6.45, 7) is 6.74. The minimum atomic E-state index is 0.134. The molecular formula is C15H24N2. The van der Waals surface area contributed by atoms with E-state index >= 15 is 0 Å². The molecule has 2 rings (SSSR count). The van der Waals surface area contributed by atoms with Crippen molar-refractivity contribution in [3.8, 4) is 0 Å². The Morgan fingerprint density at radius 2 is 1.82 bits per heavy atom. The number of hydrogen-bond donors (Lipinski definition) is 1. The highest BCUT2D eigenvalue weighted by atomic mass is 15.1. The Labute approximate surface area is 105 Å². The quantitative estimate of drug-likeness (QED) is 0.866. The zero-order valence-corrected chi connectivity index (χ0v) is 11.0. The Morgan fingerprint density at radius 3 is 2.29 bits per heavy atom. The number of piperidine rings is 1. The Kier molecular flexibility index (Phi) is 4.06. The van der Waals surface area contributed by atoms with Crippen LogP contribution in [0, 0.1) is 5.92 Å². The van der Waals surface area contributed by atoms with Gasteiger partial charge in [-0.25, -0.2) is 0 Å². The number of benzene rings is 1. The van der Waals surface area contributed by atoms with Gasteiger partial charge >= 0.3 is 0 Å². The van der Waals surface area contributed by atoms with Crippen LogP contribution in [0.15, 0.2) is 24.3 Å². The summed E-state index contributed by atoms with van der Waals surface area (Å²) in [6.07, 6.45) is 4.01. The van der Waals surface area contributed by atoms with Gasteiger partial charge in [-0.15, -0.1) is 0 Å². The summed E-state index contributed by atoms with van der Waals surface area (Å²) in [7, 11) is 0. The van der Waals surface area contributed by atoms with Gasteiger partial charge < -0.3 is 10.6 Å². The molecule has 1 aromatic rings. The van der Waals surface area contributed by atoms with Crippen LogP contribution in [0.4, 0.5) is 5.69 Å². The second-order valence-corrected chi connectivity index (χ2v) is 5.22. The Balaban J connectivity index is 1.99. The normalized spacial score (nSPS) is 19.4. The fraction of sp³-hybridized carbons (Fsp3) is 0.600. The maximum Gasteiger partial charge on any atom is 0.0366 e. The molecule has 1 saturated heterocycles. The smallest absolute Gasteiger partial charge is 0.0366 e. The molecule has 1 heterocycles. The van der Waals surface area contributed by atoms with Crippen LogP contribution in [0.2, 0.25) is 0 Å². The summed E-state index contributed by atoms with van der Waals surface area (Å²) in [5, 5.41) is 0. The van der Waals surface area contributed by atoms with E-state index in [0.717, 1.165) is 5.92 Å². The number of nitrogens with two attached hydrogens (primary N) is 1. The topological polar surface area (TPSA) is 29.3 Å². The molecule has 0 aliphatic carbocycles. The van der Waals surface area contributed by atoms with Gasteiger partial charge in [0.15, 0.2) is 0 Å². The summed E-state index contributed by atoms with van der Waals surface area (Å²) >= 11 is 0. The maximum absolute atomic E-state index is 5.86. The van der Waals surface area contributed by atoms with Gasteiger partial charge in [0.25, 0.3) is 0 Å². The third-order valence-corrected chi connectivity index (χ3v) is 3.98. The average Bonchev–Trinajstić information content (AvgIpc) is 2.39. The predicted octanol–water partition coefficient (Wildman–Crippen LogP) is 3.33. The lowest BCUT2D eigenvalue weighted by Gasteiger charge is -2.33. The highest BCUT2D eigenvalue weighted by molar-refractivity contribution is 5.48. The van der Waals surface area contributed by atoms with Gasteiger partial charge in [-0.3, -0.25) is 0 Å². The third-order valence-electron chi connectivity index (χ3n) is 3.98. The van der Waals surface area contributed by atoms with E-state index < -0.39 is 0 Å². The van der Waals surface area contributed by atoms with Gasteiger partial charge in [-0.2, -0.15) is 0 Å². The summed E-state index contributed by atoms with van der Waals surface area (Å²) in [4.78, 5) is 2.50. The van der Waals surface area contributed by atoms with Crippen LogP contribution < -0.4 is 10.6 Å². The molecule has 0 bridgehead atoms. The molecule has 1 aromatic carbocycles. The molecule has 0 saturated carbocycles. The molecule has 1 aliphatic rings. The average molecular weight is 232 g/mol. The molecule has 17 heavy (non-hydrogen) atoms. The molecule has 0 spiro atoms. The van der Waals surface area contributed by atoms with Crippen LogP contribution in [0.1, 0.15) is 44.7 Å². The SMILES string of the molecule is CCC1CCN(c2ccc([C@H](C)N)cc2)CC1. The van der Waals surface area contributed by atoms with Crippen molar-refractivity contribution in [1.29, 1.82) is 0 Å². The second-order valence-electron chi connectivity index (χ2n) is 5.22. The first-order valence-corrected chi connectivity index (χ1v) is 6.81. The highest BCUT2D eigenvalue weighted by Gasteiger charge is 2.17. The third kappa shape index (κ3) is 3.01. The van der Waals surface area contributed by atoms with Gasteiger partial charge in [-0.1, -0.05) is 25.5 Å². The molecule has 1 atom stereocenters. The molecule has 0 amide bonds. The van der Waals surface area contributed by atoms with E-state index in [0.29, 0.717) is 0 Å². The first-order chi connectivity index (χ1) is 8.20. The minimum absolute atomic E-state index is 0.134. The summed E-state index contributed by atoms with van der Waals surface area (Å²) in [6, 6.07) is 8.88. The van der Waals surface area contributed by atoms with Gasteiger partial charge in [0, 0.05) is 24.8 Å². The van der Waals surface area contributed by atoms with E-state index in [9.17, 15) is 0 Å². The lowest BCUT2D eigenvalue weighted by molar-refractivity contribution is 0.395. The molecule has 0 radical (unpaired) electrons. The molecule has 0 aromatic heterocycles. The van der Waals surface area contributed by atoms with Gasteiger partial charge in [-0.05, 0) is 43.4 Å². The van der Waals surface area contributed by atoms with E-state index in [2.05, 4.69) is 36.1 Å². The monoisotopic (exact) mass is 232 g/mol. The zero-order valence-electron chi connectivity index (χ0n) is 11.0. The standard InChI is InChI=1S/C15H24N2/c1-3-13-8-10-17(11-9-13)15-6-4-14(5-7-15)12(2)16/h4-7,12-13H,3,8-11,16H2,1-2H3/t12-/m0/s1. The van der Waals surface area contributed by atoms with E-state index in [1.165, 1.54) is 43.6 Å². The lowest BCUT2D eigenvalue weighted by Crippen LogP contribution is -2.33. The maximum atomic E-state index is 5.86. The largest absolute Gasteiger partial charge is 0.372 e. The zero-order chi connectivity index (χ0) is 12.3. The molecule has 1 fully saturated rings. The molecule has 0 unspecified atom stereocenters. The predicted molar refractivity (Wildman–Crippen MR) is 74.3 cm³/mol. The van der Waals surface area contributed by atoms with Crippen LogP contribution in [0.5, 0.6) is 0 Å². The number of hydrogen-bond acceptors (Lipinski definition) is 2. The first kappa shape index (κ1) is 12.4. The van der Waals surface area contributed by atoms with Crippen molar-refractivity contribution in [3.63, 3.8) is 0 Å². The summed E-state index contributed by atoms with van der Waals surface area (Å²) < 4.78 is 0. The van der Waals surface area contributed by atoms with Crippen molar-refractivity contribution in [2.24, 2.45) is 11.7 Å². The lowest BCUT2D eigenvalue weighted by atomic mass is 9.94. The van der Waals surface area contributed by atoms with Crippen LogP contribution in [0.25, 0.3) is 0 Å². The van der Waals surface area contributed by atoms with E-state index in [1.54, 1.807) is 0 Å². The summed E-state index contributed by atoms with van der Waals surface area (Å²) in [5.74, 6) is 0.939. The Morgan fingerprint density at radius 1 is 1.24 bits per heavy atom. The Bertz CT molecular complexity index is 334. The van der Waals surface area contributed by atoms with Crippen molar-refractivity contribution >= 4 is 5.69 Å². The fourth-order valence-electron chi connectivity index (χ4n) is 2.59. The van der Waals surface area contributed by atoms with E-state index in [-0.39, 0.29) is 6.04 Å². The molecule has 2 nitrogen and oxygen atoms in total. The van der Waals surface area contributed by atoms with Crippen molar-refractivity contribution in [3.05, 3.63) is 29.8 Å². The second kappa shape index (κ2) is 5.54. The van der Waals surface area contributed by atoms with Crippen LogP contribution in [-0.2, 0) is 0 Å². The molecular weight excluding hydrogens is 208 g/mol. The van der Waals surface area contributed by atoms with Gasteiger partial charge in [0.05, 0.1) is 0 Å². The molecule has 1 aliphatic heterocycles. The first-order valence-electron chi connectivity index (χ1n) is 6.81. The molecule has 94 valence electrons. The summed E-state index contributed by atoms with van der Waals surface area (Å²) in [5.41, 5.74) is 8.44. The minimum Gasteiger partial charge on any atom is -0.372 e. The number of rotatable bonds is 3. The number of anilines is 1.